The van der Waals surface area contributed by atoms with Crippen molar-refractivity contribution < 1.29 is 19.1 Å². The van der Waals surface area contributed by atoms with E-state index in [1.165, 1.54) is 4.63 Å². The molecule has 12 heteroatoms. The zero-order chi connectivity index (χ0) is 18.6. The van der Waals surface area contributed by atoms with Crippen LogP contribution in [0, 0.1) is 0 Å². The van der Waals surface area contributed by atoms with E-state index in [0.717, 1.165) is 0 Å². The summed E-state index contributed by atoms with van der Waals surface area (Å²) in [7, 11) is 0. The van der Waals surface area contributed by atoms with Gasteiger partial charge in [-0.15, -0.1) is 14.8 Å². The molecule has 0 fully saturated rings. The van der Waals surface area contributed by atoms with Crippen molar-refractivity contribution >= 4 is 29.1 Å². The second-order valence-electron chi connectivity index (χ2n) is 5.47. The zero-order valence-electron chi connectivity index (χ0n) is 14.3. The van der Waals surface area contributed by atoms with Crippen LogP contribution < -0.4 is 10.7 Å². The van der Waals surface area contributed by atoms with Crippen molar-refractivity contribution in [3.05, 3.63) is 12.1 Å². The van der Waals surface area contributed by atoms with Gasteiger partial charge in [-0.05, 0) is 36.4 Å². The van der Waals surface area contributed by atoms with E-state index in [1.807, 2.05) is 0 Å². The third-order valence-electron chi connectivity index (χ3n) is 3.69. The molecule has 0 saturated carbocycles. The molecule has 1 atom stereocenters. The summed E-state index contributed by atoms with van der Waals surface area (Å²) in [5.41, 5.74) is 2.10. The van der Waals surface area contributed by atoms with Gasteiger partial charge in [0, 0.05) is 6.42 Å². The number of hydrazone groups is 1. The number of esters is 2. The number of fused-ring (bicyclic) bond motifs is 1. The van der Waals surface area contributed by atoms with Crippen LogP contribution in [0.5, 0.6) is 0 Å². The molecule has 26 heavy (non-hydrogen) atoms. The first-order valence-corrected chi connectivity index (χ1v) is 8.05. The first-order valence-electron chi connectivity index (χ1n) is 8.05. The molecular formula is C14H18N8O4. The minimum Gasteiger partial charge on any atom is -0.464 e. The lowest BCUT2D eigenvalue weighted by Crippen LogP contribution is -2.54. The molecule has 0 saturated heterocycles. The van der Waals surface area contributed by atoms with Crippen LogP contribution in [-0.2, 0) is 19.1 Å². The van der Waals surface area contributed by atoms with Gasteiger partial charge in [0.1, 0.15) is 11.5 Å². The van der Waals surface area contributed by atoms with Gasteiger partial charge in [-0.1, -0.05) is 0 Å². The fourth-order valence-corrected chi connectivity index (χ4v) is 2.42. The first-order chi connectivity index (χ1) is 12.6. The number of hydrogen-bond donors (Lipinski definition) is 2. The number of tetrazole rings is 1. The molecule has 0 aromatic carbocycles. The SMILES string of the molecule is CCOC(=O)C1=NNC(CNc2ccc3nnnn3n2)(C(=O)OCC)C1. The summed E-state index contributed by atoms with van der Waals surface area (Å²) < 4.78 is 11.3. The molecule has 0 bridgehead atoms. The molecule has 3 rings (SSSR count). The van der Waals surface area contributed by atoms with Gasteiger partial charge in [-0.2, -0.15) is 5.10 Å². The van der Waals surface area contributed by atoms with Crippen LogP contribution >= 0.6 is 0 Å². The summed E-state index contributed by atoms with van der Waals surface area (Å²) in [5, 5.41) is 22.1. The standard InChI is InChI=1S/C14H18N8O4/c1-3-25-12(23)9-7-14(19-16-9,13(24)26-4-2)8-15-10-5-6-11-17-20-21-22(11)18-10/h5-6,19H,3-4,7-8H2,1-2H3,(H,15,18). The Hall–Kier alpha value is -3.31. The molecule has 0 aliphatic carbocycles. The Kier molecular flexibility index (Phi) is 4.91. The van der Waals surface area contributed by atoms with Crippen LogP contribution in [0.15, 0.2) is 17.2 Å². The fraction of sp³-hybridized carbons (Fsp3) is 0.500. The summed E-state index contributed by atoms with van der Waals surface area (Å²) in [6, 6.07) is 3.35. The van der Waals surface area contributed by atoms with Crippen molar-refractivity contribution in [1.82, 2.24) is 30.7 Å². The zero-order valence-corrected chi connectivity index (χ0v) is 14.3. The highest BCUT2D eigenvalue weighted by molar-refractivity contribution is 6.37. The Labute approximate surface area is 147 Å². The average molecular weight is 362 g/mol. The van der Waals surface area contributed by atoms with Gasteiger partial charge >= 0.3 is 11.9 Å². The van der Waals surface area contributed by atoms with Crippen molar-refractivity contribution in [1.29, 1.82) is 0 Å². The topological polar surface area (TPSA) is 145 Å². The Morgan fingerprint density at radius 2 is 2.12 bits per heavy atom. The molecule has 12 nitrogen and oxygen atoms in total. The lowest BCUT2D eigenvalue weighted by atomic mass is 9.94. The maximum atomic E-state index is 12.5. The highest BCUT2D eigenvalue weighted by Crippen LogP contribution is 2.21. The number of nitrogens with one attached hydrogen (secondary N) is 2. The maximum Gasteiger partial charge on any atom is 0.354 e. The number of nitrogens with zero attached hydrogens (tertiary/aromatic N) is 6. The smallest absolute Gasteiger partial charge is 0.354 e. The van der Waals surface area contributed by atoms with Crippen molar-refractivity contribution in [2.75, 3.05) is 25.1 Å². The summed E-state index contributed by atoms with van der Waals surface area (Å²) in [4.78, 5) is 24.4. The van der Waals surface area contributed by atoms with E-state index < -0.39 is 17.5 Å². The van der Waals surface area contributed by atoms with E-state index in [0.29, 0.717) is 11.5 Å². The molecule has 0 amide bonds. The van der Waals surface area contributed by atoms with Gasteiger partial charge in [0.25, 0.3) is 0 Å². The van der Waals surface area contributed by atoms with E-state index in [4.69, 9.17) is 9.47 Å². The van der Waals surface area contributed by atoms with E-state index >= 15 is 0 Å². The molecule has 3 heterocycles. The van der Waals surface area contributed by atoms with Crippen LogP contribution in [0.1, 0.15) is 20.3 Å². The van der Waals surface area contributed by atoms with E-state index in [1.54, 1.807) is 26.0 Å². The molecule has 1 unspecified atom stereocenters. The van der Waals surface area contributed by atoms with E-state index in [2.05, 4.69) is 36.5 Å². The Morgan fingerprint density at radius 1 is 1.31 bits per heavy atom. The van der Waals surface area contributed by atoms with E-state index in [-0.39, 0.29) is 31.9 Å². The van der Waals surface area contributed by atoms with Crippen LogP contribution in [0.2, 0.25) is 0 Å². The molecule has 1 aliphatic heterocycles. The van der Waals surface area contributed by atoms with Crippen molar-refractivity contribution in [3.63, 3.8) is 0 Å². The summed E-state index contributed by atoms with van der Waals surface area (Å²) in [6.07, 6.45) is 0.0325. The minimum atomic E-state index is -1.24. The monoisotopic (exact) mass is 362 g/mol. The Balaban J connectivity index is 1.74. The fourth-order valence-electron chi connectivity index (χ4n) is 2.42. The van der Waals surface area contributed by atoms with Gasteiger partial charge in [0.05, 0.1) is 19.8 Å². The highest BCUT2D eigenvalue weighted by Gasteiger charge is 2.46. The van der Waals surface area contributed by atoms with Crippen LogP contribution in [0.3, 0.4) is 0 Å². The van der Waals surface area contributed by atoms with Gasteiger partial charge in [0.2, 0.25) is 0 Å². The molecule has 138 valence electrons. The van der Waals surface area contributed by atoms with Crippen LogP contribution in [0.25, 0.3) is 5.65 Å². The molecule has 0 spiro atoms. The second kappa shape index (κ2) is 7.29. The lowest BCUT2D eigenvalue weighted by molar-refractivity contribution is -0.150. The molecule has 2 aromatic heterocycles. The third-order valence-corrected chi connectivity index (χ3v) is 3.69. The summed E-state index contributed by atoms with van der Waals surface area (Å²) in [6.45, 7) is 3.90. The lowest BCUT2D eigenvalue weighted by Gasteiger charge is -2.26. The molecule has 0 radical (unpaired) electrons. The molecule has 2 N–H and O–H groups in total. The van der Waals surface area contributed by atoms with Crippen molar-refractivity contribution in [2.45, 2.75) is 25.8 Å². The molecule has 2 aromatic rings. The predicted octanol–water partition coefficient (Wildman–Crippen LogP) is -0.854. The quantitative estimate of drug-likeness (QED) is 0.597. The van der Waals surface area contributed by atoms with Crippen molar-refractivity contribution in [3.8, 4) is 0 Å². The van der Waals surface area contributed by atoms with Gasteiger partial charge in [-0.25, -0.2) is 9.59 Å². The average Bonchev–Trinajstić information content (AvgIpc) is 3.28. The Morgan fingerprint density at radius 3 is 2.88 bits per heavy atom. The van der Waals surface area contributed by atoms with Crippen LogP contribution in [-0.4, -0.2) is 68.2 Å². The van der Waals surface area contributed by atoms with Gasteiger partial charge in [0.15, 0.2) is 11.2 Å². The summed E-state index contributed by atoms with van der Waals surface area (Å²) >= 11 is 0. The van der Waals surface area contributed by atoms with E-state index in [9.17, 15) is 9.59 Å². The number of carbonyl (C=O) groups excluding carboxylic acids is 2. The number of hydrogen-bond acceptors (Lipinski definition) is 11. The number of carbonyl (C=O) groups is 2. The third kappa shape index (κ3) is 3.38. The number of rotatable bonds is 7. The second-order valence-corrected chi connectivity index (χ2v) is 5.47. The molecule has 1 aliphatic rings. The number of anilines is 1. The van der Waals surface area contributed by atoms with Gasteiger partial charge < -0.3 is 14.8 Å². The summed E-state index contributed by atoms with van der Waals surface area (Å²) in [5.74, 6) is -0.654. The number of aromatic nitrogens is 5. The number of ether oxygens (including phenoxy) is 2. The van der Waals surface area contributed by atoms with Crippen LogP contribution in [0.4, 0.5) is 5.82 Å². The first kappa shape index (κ1) is 17.5. The van der Waals surface area contributed by atoms with Crippen molar-refractivity contribution in [2.24, 2.45) is 5.10 Å². The maximum absolute atomic E-state index is 12.5. The Bertz CT molecular complexity index is 850. The molecular weight excluding hydrogens is 344 g/mol. The normalized spacial score (nSPS) is 18.9. The largest absolute Gasteiger partial charge is 0.464 e. The highest BCUT2D eigenvalue weighted by atomic mass is 16.5. The predicted molar refractivity (Wildman–Crippen MR) is 88.3 cm³/mol. The van der Waals surface area contributed by atoms with Gasteiger partial charge in [-0.3, -0.25) is 5.43 Å². The minimum absolute atomic E-state index is 0.0325.